The van der Waals surface area contributed by atoms with Crippen LogP contribution in [0.5, 0.6) is 0 Å². The highest BCUT2D eigenvalue weighted by molar-refractivity contribution is 7.09. The van der Waals surface area contributed by atoms with Crippen LogP contribution in [0.15, 0.2) is 17.9 Å². The average Bonchev–Trinajstić information content (AvgIpc) is 2.96. The van der Waals surface area contributed by atoms with Gasteiger partial charge in [-0.25, -0.2) is 9.97 Å². The molecule has 2 heterocycles. The Morgan fingerprint density at radius 2 is 2.15 bits per heavy atom. The normalized spacial score (nSPS) is 13.7. The van der Waals surface area contributed by atoms with E-state index in [1.807, 2.05) is 19.6 Å². The Morgan fingerprint density at radius 1 is 1.40 bits per heavy atom. The number of thiazole rings is 1. The maximum Gasteiger partial charge on any atom is 0.0948 e. The zero-order valence-corrected chi connectivity index (χ0v) is 13.8. The van der Waals surface area contributed by atoms with Gasteiger partial charge in [-0.15, -0.1) is 11.3 Å². The van der Waals surface area contributed by atoms with Gasteiger partial charge in [0.25, 0.3) is 0 Å². The lowest BCUT2D eigenvalue weighted by atomic mass is 9.93. The molecule has 2 rings (SSSR count). The maximum absolute atomic E-state index is 4.79. The SMILES string of the molecule is CCNC(Cc1nc(C(C)(C)C)cs1)c1cncn1C. The van der Waals surface area contributed by atoms with Crippen LogP contribution in [0.1, 0.15) is 50.1 Å². The van der Waals surface area contributed by atoms with Gasteiger partial charge in [-0.1, -0.05) is 27.7 Å². The molecule has 0 aliphatic rings. The van der Waals surface area contributed by atoms with E-state index in [0.717, 1.165) is 13.0 Å². The molecule has 0 aliphatic carbocycles. The Morgan fingerprint density at radius 3 is 2.65 bits per heavy atom. The van der Waals surface area contributed by atoms with E-state index >= 15 is 0 Å². The van der Waals surface area contributed by atoms with Crippen molar-refractivity contribution in [2.45, 2.75) is 45.6 Å². The summed E-state index contributed by atoms with van der Waals surface area (Å²) in [6, 6.07) is 0.270. The molecular formula is C15H24N4S. The van der Waals surface area contributed by atoms with Gasteiger partial charge in [0.1, 0.15) is 0 Å². The number of hydrogen-bond acceptors (Lipinski definition) is 4. The van der Waals surface area contributed by atoms with Crippen LogP contribution in [-0.2, 0) is 18.9 Å². The van der Waals surface area contributed by atoms with Gasteiger partial charge in [-0.05, 0) is 6.54 Å². The Bertz CT molecular complexity index is 550. The largest absolute Gasteiger partial charge is 0.336 e. The molecule has 0 saturated carbocycles. The summed E-state index contributed by atoms with van der Waals surface area (Å²) < 4.78 is 2.08. The molecule has 0 radical (unpaired) electrons. The van der Waals surface area contributed by atoms with Crippen LogP contribution in [0.3, 0.4) is 0 Å². The molecule has 0 saturated heterocycles. The molecule has 0 aliphatic heterocycles. The highest BCUT2D eigenvalue weighted by Gasteiger charge is 2.20. The third-order valence-corrected chi connectivity index (χ3v) is 4.23. The number of rotatable bonds is 5. The summed E-state index contributed by atoms with van der Waals surface area (Å²) in [4.78, 5) is 9.01. The first kappa shape index (κ1) is 15.2. The molecule has 20 heavy (non-hydrogen) atoms. The van der Waals surface area contributed by atoms with Gasteiger partial charge in [0.05, 0.1) is 28.8 Å². The van der Waals surface area contributed by atoms with Crippen molar-refractivity contribution >= 4 is 11.3 Å². The van der Waals surface area contributed by atoms with E-state index in [4.69, 9.17) is 4.98 Å². The first-order chi connectivity index (χ1) is 9.41. The van der Waals surface area contributed by atoms with Crippen LogP contribution in [0.25, 0.3) is 0 Å². The summed E-state index contributed by atoms with van der Waals surface area (Å²) in [5.74, 6) is 0. The van der Waals surface area contributed by atoms with Gasteiger partial charge in [-0.2, -0.15) is 0 Å². The summed E-state index contributed by atoms with van der Waals surface area (Å²) in [5.41, 5.74) is 2.51. The van der Waals surface area contributed by atoms with Crippen molar-refractivity contribution in [3.05, 3.63) is 34.3 Å². The summed E-state index contributed by atoms with van der Waals surface area (Å²) >= 11 is 1.75. The standard InChI is InChI=1S/C15H24N4S/c1-6-17-11(12-8-16-10-19(12)5)7-14-18-13(9-20-14)15(2,3)4/h8-11,17H,6-7H2,1-5H3. The average molecular weight is 292 g/mol. The molecule has 0 spiro atoms. The number of hydrogen-bond donors (Lipinski definition) is 1. The molecular weight excluding hydrogens is 268 g/mol. The molecule has 1 unspecified atom stereocenters. The van der Waals surface area contributed by atoms with Crippen molar-refractivity contribution < 1.29 is 0 Å². The van der Waals surface area contributed by atoms with E-state index in [2.05, 4.69) is 47.9 Å². The van der Waals surface area contributed by atoms with E-state index in [1.165, 1.54) is 16.4 Å². The lowest BCUT2D eigenvalue weighted by Crippen LogP contribution is -2.25. The van der Waals surface area contributed by atoms with Gasteiger partial charge in [0.2, 0.25) is 0 Å². The Hall–Kier alpha value is -1.20. The smallest absolute Gasteiger partial charge is 0.0948 e. The van der Waals surface area contributed by atoms with Crippen molar-refractivity contribution in [3.63, 3.8) is 0 Å². The van der Waals surface area contributed by atoms with E-state index in [1.54, 1.807) is 11.3 Å². The van der Waals surface area contributed by atoms with E-state index in [0.29, 0.717) is 0 Å². The highest BCUT2D eigenvalue weighted by atomic mass is 32.1. The molecule has 4 nitrogen and oxygen atoms in total. The number of nitrogens with zero attached hydrogens (tertiary/aromatic N) is 3. The van der Waals surface area contributed by atoms with Crippen LogP contribution in [0.4, 0.5) is 0 Å². The second-order valence-corrected chi connectivity index (χ2v) is 7.06. The third kappa shape index (κ3) is 3.46. The number of nitrogens with one attached hydrogen (secondary N) is 1. The monoisotopic (exact) mass is 292 g/mol. The molecule has 0 bridgehead atoms. The zero-order valence-electron chi connectivity index (χ0n) is 13.0. The van der Waals surface area contributed by atoms with Crippen LogP contribution in [-0.4, -0.2) is 21.1 Å². The van der Waals surface area contributed by atoms with Gasteiger partial charge in [0.15, 0.2) is 0 Å². The Labute approximate surface area is 125 Å². The van der Waals surface area contributed by atoms with Crippen molar-refractivity contribution in [1.29, 1.82) is 0 Å². The molecule has 0 fully saturated rings. The highest BCUT2D eigenvalue weighted by Crippen LogP contribution is 2.26. The van der Waals surface area contributed by atoms with Crippen molar-refractivity contribution in [3.8, 4) is 0 Å². The lowest BCUT2D eigenvalue weighted by molar-refractivity contribution is 0.515. The zero-order chi connectivity index (χ0) is 14.8. The van der Waals surface area contributed by atoms with Gasteiger partial charge in [-0.3, -0.25) is 0 Å². The molecule has 0 amide bonds. The fraction of sp³-hybridized carbons (Fsp3) is 0.600. The number of likely N-dealkylation sites (N-methyl/N-ethyl adjacent to an activating group) is 1. The number of aryl methyl sites for hydroxylation is 1. The minimum Gasteiger partial charge on any atom is -0.336 e. The second kappa shape index (κ2) is 6.06. The molecule has 2 aromatic rings. The molecule has 5 heteroatoms. The maximum atomic E-state index is 4.79. The van der Waals surface area contributed by atoms with Gasteiger partial charge in [0, 0.05) is 30.5 Å². The van der Waals surface area contributed by atoms with Crippen LogP contribution < -0.4 is 5.32 Å². The van der Waals surface area contributed by atoms with Gasteiger partial charge >= 0.3 is 0 Å². The van der Waals surface area contributed by atoms with E-state index in [9.17, 15) is 0 Å². The summed E-state index contributed by atoms with van der Waals surface area (Å²) in [5, 5.41) is 6.89. The molecule has 110 valence electrons. The van der Waals surface area contributed by atoms with E-state index < -0.39 is 0 Å². The van der Waals surface area contributed by atoms with Crippen molar-refractivity contribution in [2.24, 2.45) is 7.05 Å². The predicted molar refractivity (Wildman–Crippen MR) is 84.1 cm³/mol. The summed E-state index contributed by atoms with van der Waals surface area (Å²) in [6.07, 6.45) is 4.70. The molecule has 1 N–H and O–H groups in total. The Balaban J connectivity index is 2.17. The second-order valence-electron chi connectivity index (χ2n) is 6.12. The van der Waals surface area contributed by atoms with E-state index in [-0.39, 0.29) is 11.5 Å². The van der Waals surface area contributed by atoms with Crippen LogP contribution in [0, 0.1) is 0 Å². The van der Waals surface area contributed by atoms with Crippen LogP contribution in [0.2, 0.25) is 0 Å². The predicted octanol–water partition coefficient (Wildman–Crippen LogP) is 3.07. The number of aromatic nitrogens is 3. The lowest BCUT2D eigenvalue weighted by Gasteiger charge is -2.17. The minimum atomic E-state index is 0.120. The molecule has 0 aromatic carbocycles. The quantitative estimate of drug-likeness (QED) is 0.921. The molecule has 1 atom stereocenters. The Kier molecular flexibility index (Phi) is 4.60. The summed E-state index contributed by atoms with van der Waals surface area (Å²) in [7, 11) is 2.04. The minimum absolute atomic E-state index is 0.120. The first-order valence-electron chi connectivity index (χ1n) is 7.06. The van der Waals surface area contributed by atoms with Gasteiger partial charge < -0.3 is 9.88 Å². The fourth-order valence-electron chi connectivity index (χ4n) is 2.15. The van der Waals surface area contributed by atoms with Crippen LogP contribution >= 0.6 is 11.3 Å². The number of imidazole rings is 1. The third-order valence-electron chi connectivity index (χ3n) is 3.36. The van der Waals surface area contributed by atoms with Crippen molar-refractivity contribution in [1.82, 2.24) is 19.9 Å². The molecule has 2 aromatic heterocycles. The first-order valence-corrected chi connectivity index (χ1v) is 7.94. The summed E-state index contributed by atoms with van der Waals surface area (Å²) in [6.45, 7) is 9.68. The van der Waals surface area contributed by atoms with Crippen molar-refractivity contribution in [2.75, 3.05) is 6.54 Å². The topological polar surface area (TPSA) is 42.7 Å². The fourth-order valence-corrected chi connectivity index (χ4v) is 3.22.